The van der Waals surface area contributed by atoms with Gasteiger partial charge in [-0.1, -0.05) is 6.07 Å². The minimum Gasteiger partial charge on any atom is -0.314 e. The molecule has 1 fully saturated rings. The predicted molar refractivity (Wildman–Crippen MR) is 70.6 cm³/mol. The number of nitrogens with zero attached hydrogens (tertiary/aromatic N) is 2. The van der Waals surface area contributed by atoms with Gasteiger partial charge in [-0.2, -0.15) is 0 Å². The number of carbonyl (C=O) groups excluding carboxylic acids is 1. The second-order valence-electron chi connectivity index (χ2n) is 4.97. The Kier molecular flexibility index (Phi) is 4.31. The molecule has 0 radical (unpaired) electrons. The summed E-state index contributed by atoms with van der Waals surface area (Å²) in [6.45, 7) is 4.24. The monoisotopic (exact) mass is 248 g/mol. The molecule has 0 N–H and O–H groups in total. The number of aromatic nitrogens is 1. The van der Waals surface area contributed by atoms with E-state index in [2.05, 4.69) is 4.90 Å². The third-order valence-corrected chi connectivity index (χ3v) is 3.55. The lowest BCUT2D eigenvalue weighted by atomic mass is 10.1. The van der Waals surface area contributed by atoms with E-state index in [0.29, 0.717) is 19.0 Å². The molecule has 0 saturated carbocycles. The Morgan fingerprint density at radius 2 is 2.22 bits per heavy atom. The third-order valence-electron chi connectivity index (χ3n) is 3.55. The van der Waals surface area contributed by atoms with Crippen molar-refractivity contribution in [3.63, 3.8) is 0 Å². The first-order valence-electron chi connectivity index (χ1n) is 6.56. The first-order chi connectivity index (χ1) is 8.66. The van der Waals surface area contributed by atoms with Crippen LogP contribution in [0.5, 0.6) is 0 Å². The summed E-state index contributed by atoms with van der Waals surface area (Å²) < 4.78 is 1.73. The molecule has 0 bridgehead atoms. The Morgan fingerprint density at radius 1 is 1.39 bits per heavy atom. The fraction of sp³-hybridized carbons (Fsp3) is 0.571. The van der Waals surface area contributed by atoms with E-state index in [-0.39, 0.29) is 11.3 Å². The minimum absolute atomic E-state index is 0.0415. The van der Waals surface area contributed by atoms with Crippen LogP contribution in [0.1, 0.15) is 26.2 Å². The molecule has 1 aliphatic heterocycles. The Hall–Kier alpha value is -1.42. The van der Waals surface area contributed by atoms with Crippen LogP contribution >= 0.6 is 0 Å². The van der Waals surface area contributed by atoms with Crippen LogP contribution in [-0.4, -0.2) is 34.4 Å². The van der Waals surface area contributed by atoms with Gasteiger partial charge >= 0.3 is 0 Å². The van der Waals surface area contributed by atoms with Gasteiger partial charge in [-0.25, -0.2) is 0 Å². The third kappa shape index (κ3) is 3.29. The average Bonchev–Trinajstić information content (AvgIpc) is 2.75. The van der Waals surface area contributed by atoms with Crippen LogP contribution in [-0.2, 0) is 11.3 Å². The van der Waals surface area contributed by atoms with Crippen molar-refractivity contribution >= 4 is 5.78 Å². The fourth-order valence-electron chi connectivity index (χ4n) is 2.63. The van der Waals surface area contributed by atoms with Gasteiger partial charge in [0.15, 0.2) is 0 Å². The minimum atomic E-state index is 0.0415. The zero-order valence-electron chi connectivity index (χ0n) is 10.8. The molecular formula is C14H20N2O2. The zero-order chi connectivity index (χ0) is 13.0. The van der Waals surface area contributed by atoms with E-state index in [9.17, 15) is 9.59 Å². The Balaban J connectivity index is 1.91. The molecule has 18 heavy (non-hydrogen) atoms. The average molecular weight is 248 g/mol. The molecule has 4 heteroatoms. The maximum absolute atomic E-state index is 11.6. The molecule has 0 spiro atoms. The molecule has 1 aromatic rings. The van der Waals surface area contributed by atoms with E-state index in [1.54, 1.807) is 23.6 Å². The molecular weight excluding hydrogens is 228 g/mol. The molecule has 1 unspecified atom stereocenters. The molecule has 1 saturated heterocycles. The number of hydrogen-bond donors (Lipinski definition) is 0. The van der Waals surface area contributed by atoms with E-state index in [4.69, 9.17) is 0 Å². The quantitative estimate of drug-likeness (QED) is 0.788. The van der Waals surface area contributed by atoms with Gasteiger partial charge in [-0.3, -0.25) is 14.5 Å². The van der Waals surface area contributed by atoms with Crippen molar-refractivity contribution in [1.82, 2.24) is 9.47 Å². The first-order valence-corrected chi connectivity index (χ1v) is 6.56. The van der Waals surface area contributed by atoms with Gasteiger partial charge < -0.3 is 4.57 Å². The lowest BCUT2D eigenvalue weighted by Gasteiger charge is -2.23. The smallest absolute Gasteiger partial charge is 0.250 e. The van der Waals surface area contributed by atoms with Crippen LogP contribution in [0.2, 0.25) is 0 Å². The van der Waals surface area contributed by atoms with Gasteiger partial charge in [-0.15, -0.1) is 0 Å². The molecule has 0 aliphatic carbocycles. The largest absolute Gasteiger partial charge is 0.314 e. The van der Waals surface area contributed by atoms with Crippen molar-refractivity contribution in [2.75, 3.05) is 13.1 Å². The summed E-state index contributed by atoms with van der Waals surface area (Å²) in [5, 5.41) is 0. The highest BCUT2D eigenvalue weighted by Gasteiger charge is 2.24. The fourth-order valence-corrected chi connectivity index (χ4v) is 2.63. The van der Waals surface area contributed by atoms with E-state index >= 15 is 0 Å². The normalized spacial score (nSPS) is 20.2. The number of likely N-dealkylation sites (tertiary alicyclic amines) is 1. The lowest BCUT2D eigenvalue weighted by molar-refractivity contribution is -0.118. The van der Waals surface area contributed by atoms with E-state index < -0.39 is 0 Å². The van der Waals surface area contributed by atoms with E-state index in [1.807, 2.05) is 12.3 Å². The molecule has 2 rings (SSSR count). The van der Waals surface area contributed by atoms with Gasteiger partial charge in [0.1, 0.15) is 5.78 Å². The highest BCUT2D eigenvalue weighted by Crippen LogP contribution is 2.19. The van der Waals surface area contributed by atoms with Crippen LogP contribution in [0, 0.1) is 0 Å². The maximum atomic E-state index is 11.6. The molecule has 0 amide bonds. The summed E-state index contributed by atoms with van der Waals surface area (Å²) in [4.78, 5) is 25.1. The summed E-state index contributed by atoms with van der Waals surface area (Å²) in [7, 11) is 0. The van der Waals surface area contributed by atoms with Crippen molar-refractivity contribution in [3.8, 4) is 0 Å². The standard InChI is InChI=1S/C14H20N2O2/c1-12(17)11-13-5-4-8-15(13)9-10-16-7-3-2-6-14(16)18/h2-3,6-7,13H,4-5,8-11H2,1H3. The van der Waals surface area contributed by atoms with Gasteiger partial charge in [0.05, 0.1) is 0 Å². The highest BCUT2D eigenvalue weighted by molar-refractivity contribution is 5.76. The molecule has 1 aromatic heterocycles. The van der Waals surface area contributed by atoms with Crippen molar-refractivity contribution < 1.29 is 4.79 Å². The number of ketones is 1. The van der Waals surface area contributed by atoms with E-state index in [0.717, 1.165) is 25.9 Å². The predicted octanol–water partition coefficient (Wildman–Crippen LogP) is 1.29. The van der Waals surface area contributed by atoms with Crippen LogP contribution in [0.4, 0.5) is 0 Å². The van der Waals surface area contributed by atoms with Crippen LogP contribution < -0.4 is 5.56 Å². The molecule has 1 aliphatic rings. The summed E-state index contributed by atoms with van der Waals surface area (Å²) in [5.41, 5.74) is 0.0415. The molecule has 0 aromatic carbocycles. The molecule has 2 heterocycles. The number of Topliss-reactive ketones (excluding diaryl/α,β-unsaturated/α-hetero) is 1. The summed E-state index contributed by atoms with van der Waals surface area (Å²) in [6.07, 6.45) is 4.72. The molecule has 98 valence electrons. The van der Waals surface area contributed by atoms with Crippen LogP contribution in [0.25, 0.3) is 0 Å². The first kappa shape index (κ1) is 13.0. The van der Waals surface area contributed by atoms with Crippen molar-refractivity contribution in [2.24, 2.45) is 0 Å². The number of pyridine rings is 1. The Labute approximate surface area is 107 Å². The number of rotatable bonds is 5. The van der Waals surface area contributed by atoms with Crippen molar-refractivity contribution in [3.05, 3.63) is 34.7 Å². The van der Waals surface area contributed by atoms with Gasteiger partial charge in [0.2, 0.25) is 0 Å². The van der Waals surface area contributed by atoms with Gasteiger partial charge in [0, 0.05) is 37.8 Å². The second kappa shape index (κ2) is 5.96. The zero-order valence-corrected chi connectivity index (χ0v) is 10.8. The highest BCUT2D eigenvalue weighted by atomic mass is 16.1. The topological polar surface area (TPSA) is 42.3 Å². The Morgan fingerprint density at radius 3 is 2.94 bits per heavy atom. The van der Waals surface area contributed by atoms with Crippen LogP contribution in [0.3, 0.4) is 0 Å². The number of carbonyl (C=O) groups is 1. The summed E-state index contributed by atoms with van der Waals surface area (Å²) in [5.74, 6) is 0.253. The number of hydrogen-bond acceptors (Lipinski definition) is 3. The lowest BCUT2D eigenvalue weighted by Crippen LogP contribution is -2.35. The summed E-state index contributed by atoms with van der Waals surface area (Å²) >= 11 is 0. The van der Waals surface area contributed by atoms with Crippen LogP contribution in [0.15, 0.2) is 29.2 Å². The second-order valence-corrected chi connectivity index (χ2v) is 4.97. The van der Waals surface area contributed by atoms with E-state index in [1.165, 1.54) is 0 Å². The Bertz CT molecular complexity index is 467. The van der Waals surface area contributed by atoms with Crippen molar-refractivity contribution in [2.45, 2.75) is 38.8 Å². The van der Waals surface area contributed by atoms with Gasteiger partial charge in [0.25, 0.3) is 5.56 Å². The SMILES string of the molecule is CC(=O)CC1CCCN1CCn1ccccc1=O. The van der Waals surface area contributed by atoms with Gasteiger partial charge in [-0.05, 0) is 32.4 Å². The molecule has 4 nitrogen and oxygen atoms in total. The maximum Gasteiger partial charge on any atom is 0.250 e. The summed E-state index contributed by atoms with van der Waals surface area (Å²) in [6, 6.07) is 5.59. The van der Waals surface area contributed by atoms with Crippen molar-refractivity contribution in [1.29, 1.82) is 0 Å². The molecule has 1 atom stereocenters.